The highest BCUT2D eigenvalue weighted by Gasteiger charge is 2.17. The zero-order valence-corrected chi connectivity index (χ0v) is 11.3. The molecule has 19 heavy (non-hydrogen) atoms. The number of aryl methyl sites for hydroxylation is 1. The molecule has 0 amide bonds. The zero-order chi connectivity index (χ0) is 13.7. The van der Waals surface area contributed by atoms with Gasteiger partial charge in [-0.15, -0.1) is 0 Å². The van der Waals surface area contributed by atoms with E-state index in [0.717, 1.165) is 17.5 Å². The quantitative estimate of drug-likeness (QED) is 0.760. The molecule has 1 unspecified atom stereocenters. The normalized spacial score (nSPS) is 11.9. The molecule has 0 N–H and O–H groups in total. The van der Waals surface area contributed by atoms with Crippen LogP contribution in [0.5, 0.6) is 0 Å². The second-order valence-electron chi connectivity index (χ2n) is 4.52. The second kappa shape index (κ2) is 6.19. The summed E-state index contributed by atoms with van der Waals surface area (Å²) in [4.78, 5) is 12.1. The largest absolute Gasteiger partial charge is 0.454 e. The molecule has 0 radical (unpaired) electrons. The summed E-state index contributed by atoms with van der Waals surface area (Å²) in [5.74, 6) is -0.268. The van der Waals surface area contributed by atoms with Gasteiger partial charge in [-0.2, -0.15) is 0 Å². The smallest absolute Gasteiger partial charge is 0.338 e. The Bertz CT molecular complexity index is 546. The van der Waals surface area contributed by atoms with Crippen LogP contribution in [0.2, 0.25) is 0 Å². The molecular weight excluding hydrogens is 236 g/mol. The highest BCUT2D eigenvalue weighted by molar-refractivity contribution is 5.89. The Morgan fingerprint density at radius 1 is 1.05 bits per heavy atom. The summed E-state index contributed by atoms with van der Waals surface area (Å²) in [7, 11) is 0. The van der Waals surface area contributed by atoms with Gasteiger partial charge in [-0.25, -0.2) is 4.79 Å². The first-order valence-corrected chi connectivity index (χ1v) is 6.54. The summed E-state index contributed by atoms with van der Waals surface area (Å²) < 4.78 is 5.61. The van der Waals surface area contributed by atoms with Crippen LogP contribution in [0.25, 0.3) is 0 Å². The minimum Gasteiger partial charge on any atom is -0.454 e. The van der Waals surface area contributed by atoms with Crippen LogP contribution in [-0.4, -0.2) is 5.97 Å². The number of benzene rings is 2. The van der Waals surface area contributed by atoms with Gasteiger partial charge in [0.1, 0.15) is 6.10 Å². The van der Waals surface area contributed by atoms with Crippen molar-refractivity contribution < 1.29 is 9.53 Å². The van der Waals surface area contributed by atoms with Crippen molar-refractivity contribution in [2.45, 2.75) is 26.4 Å². The molecule has 0 fully saturated rings. The van der Waals surface area contributed by atoms with Crippen LogP contribution in [0.15, 0.2) is 54.6 Å². The summed E-state index contributed by atoms with van der Waals surface area (Å²) in [5.41, 5.74) is 2.82. The average Bonchev–Trinajstić information content (AvgIpc) is 2.46. The number of carbonyl (C=O) groups is 1. The van der Waals surface area contributed by atoms with Gasteiger partial charge in [0.05, 0.1) is 5.56 Å². The van der Waals surface area contributed by atoms with Crippen LogP contribution >= 0.6 is 0 Å². The molecule has 0 heterocycles. The number of hydrogen-bond donors (Lipinski definition) is 0. The lowest BCUT2D eigenvalue weighted by molar-refractivity contribution is 0.0286. The van der Waals surface area contributed by atoms with Gasteiger partial charge in [0.15, 0.2) is 0 Å². The fourth-order valence-corrected chi connectivity index (χ4v) is 2.09. The number of carbonyl (C=O) groups excluding carboxylic acids is 1. The van der Waals surface area contributed by atoms with Crippen LogP contribution < -0.4 is 0 Å². The Hall–Kier alpha value is -2.09. The van der Waals surface area contributed by atoms with Gasteiger partial charge in [0.2, 0.25) is 0 Å². The summed E-state index contributed by atoms with van der Waals surface area (Å²) >= 11 is 0. The number of rotatable bonds is 4. The molecule has 0 aromatic heterocycles. The molecule has 2 nitrogen and oxygen atoms in total. The van der Waals surface area contributed by atoms with E-state index in [2.05, 4.69) is 0 Å². The fourth-order valence-electron chi connectivity index (χ4n) is 2.09. The van der Waals surface area contributed by atoms with E-state index in [1.54, 1.807) is 12.1 Å². The van der Waals surface area contributed by atoms with Crippen molar-refractivity contribution in [3.63, 3.8) is 0 Å². The maximum Gasteiger partial charge on any atom is 0.338 e. The molecule has 0 aliphatic rings. The topological polar surface area (TPSA) is 26.3 Å². The van der Waals surface area contributed by atoms with E-state index < -0.39 is 0 Å². The van der Waals surface area contributed by atoms with Crippen molar-refractivity contribution in [3.05, 3.63) is 71.3 Å². The summed E-state index contributed by atoms with van der Waals surface area (Å²) in [6.45, 7) is 4.06. The first kappa shape index (κ1) is 13.3. The van der Waals surface area contributed by atoms with Gasteiger partial charge in [0, 0.05) is 0 Å². The van der Waals surface area contributed by atoms with Gasteiger partial charge in [-0.3, -0.25) is 0 Å². The van der Waals surface area contributed by atoms with Crippen LogP contribution in [0.1, 0.15) is 40.9 Å². The Kier molecular flexibility index (Phi) is 4.35. The molecule has 0 aliphatic carbocycles. The third-order valence-electron chi connectivity index (χ3n) is 3.16. The lowest BCUT2D eigenvalue weighted by atomic mass is 10.0. The Labute approximate surface area is 114 Å². The van der Waals surface area contributed by atoms with E-state index >= 15 is 0 Å². The van der Waals surface area contributed by atoms with E-state index in [1.165, 1.54) is 0 Å². The first-order chi connectivity index (χ1) is 9.22. The summed E-state index contributed by atoms with van der Waals surface area (Å²) in [6, 6.07) is 17.1. The summed E-state index contributed by atoms with van der Waals surface area (Å²) in [6.07, 6.45) is 0.581. The lowest BCUT2D eigenvalue weighted by Gasteiger charge is -2.18. The highest BCUT2D eigenvalue weighted by atomic mass is 16.5. The van der Waals surface area contributed by atoms with Gasteiger partial charge in [-0.1, -0.05) is 49.4 Å². The molecule has 0 bridgehead atoms. The maximum absolute atomic E-state index is 12.1. The molecule has 0 aliphatic heterocycles. The average molecular weight is 254 g/mol. The summed E-state index contributed by atoms with van der Waals surface area (Å²) in [5, 5.41) is 0. The van der Waals surface area contributed by atoms with Crippen molar-refractivity contribution in [1.29, 1.82) is 0 Å². The molecule has 0 saturated carbocycles. The van der Waals surface area contributed by atoms with E-state index in [-0.39, 0.29) is 12.1 Å². The zero-order valence-electron chi connectivity index (χ0n) is 11.3. The lowest BCUT2D eigenvalue weighted by Crippen LogP contribution is -2.12. The predicted molar refractivity (Wildman–Crippen MR) is 76.1 cm³/mol. The van der Waals surface area contributed by atoms with Crippen molar-refractivity contribution in [1.82, 2.24) is 0 Å². The molecule has 2 aromatic rings. The first-order valence-electron chi connectivity index (χ1n) is 6.54. The van der Waals surface area contributed by atoms with Crippen LogP contribution in [0.3, 0.4) is 0 Å². The molecule has 1 atom stereocenters. The van der Waals surface area contributed by atoms with Crippen LogP contribution in [0.4, 0.5) is 0 Å². The van der Waals surface area contributed by atoms with Crippen molar-refractivity contribution in [2.75, 3.05) is 0 Å². The molecule has 2 rings (SSSR count). The molecule has 98 valence electrons. The standard InChI is InChI=1S/C17H18O2/c1-3-16(15-12-8-7-9-13(15)2)19-17(18)14-10-5-4-6-11-14/h4-12,16H,3H2,1-2H3. The van der Waals surface area contributed by atoms with Crippen molar-refractivity contribution >= 4 is 5.97 Å². The molecule has 0 spiro atoms. The number of esters is 1. The Balaban J connectivity index is 2.17. The Morgan fingerprint density at radius 3 is 2.32 bits per heavy atom. The van der Waals surface area contributed by atoms with Gasteiger partial charge in [-0.05, 0) is 36.6 Å². The van der Waals surface area contributed by atoms with Crippen LogP contribution in [-0.2, 0) is 4.74 Å². The third-order valence-corrected chi connectivity index (χ3v) is 3.16. The van der Waals surface area contributed by atoms with E-state index in [9.17, 15) is 4.79 Å². The monoisotopic (exact) mass is 254 g/mol. The van der Waals surface area contributed by atoms with Gasteiger partial charge >= 0.3 is 5.97 Å². The highest BCUT2D eigenvalue weighted by Crippen LogP contribution is 2.25. The van der Waals surface area contributed by atoms with Crippen molar-refractivity contribution in [2.24, 2.45) is 0 Å². The number of hydrogen-bond acceptors (Lipinski definition) is 2. The van der Waals surface area contributed by atoms with Gasteiger partial charge in [0.25, 0.3) is 0 Å². The van der Waals surface area contributed by atoms with E-state index in [4.69, 9.17) is 4.74 Å². The molecule has 2 heteroatoms. The van der Waals surface area contributed by atoms with Crippen LogP contribution in [0, 0.1) is 6.92 Å². The number of ether oxygens (including phenoxy) is 1. The predicted octanol–water partition coefficient (Wildman–Crippen LogP) is 4.30. The van der Waals surface area contributed by atoms with E-state index in [0.29, 0.717) is 5.56 Å². The molecule has 2 aromatic carbocycles. The maximum atomic E-state index is 12.1. The SMILES string of the molecule is CCC(OC(=O)c1ccccc1)c1ccccc1C. The fraction of sp³-hybridized carbons (Fsp3) is 0.235. The third kappa shape index (κ3) is 3.22. The molecule has 0 saturated heterocycles. The van der Waals surface area contributed by atoms with Crippen molar-refractivity contribution in [3.8, 4) is 0 Å². The van der Waals surface area contributed by atoms with E-state index in [1.807, 2.05) is 56.3 Å². The Morgan fingerprint density at radius 2 is 1.68 bits per heavy atom. The molecular formula is C17H18O2. The minimum absolute atomic E-state index is 0.186. The van der Waals surface area contributed by atoms with Gasteiger partial charge < -0.3 is 4.74 Å². The second-order valence-corrected chi connectivity index (χ2v) is 4.52. The minimum atomic E-state index is -0.268.